The number of likely N-dealkylation sites (tertiary alicyclic amines) is 1. The van der Waals surface area contributed by atoms with Crippen LogP contribution in [0.4, 0.5) is 4.79 Å². The van der Waals surface area contributed by atoms with Crippen molar-refractivity contribution in [3.05, 3.63) is 0 Å². The first-order valence-electron chi connectivity index (χ1n) is 7.98. The van der Waals surface area contributed by atoms with Crippen LogP contribution in [0.1, 0.15) is 33.1 Å². The van der Waals surface area contributed by atoms with E-state index in [0.717, 1.165) is 12.8 Å². The number of hydrogen-bond donors (Lipinski definition) is 1. The van der Waals surface area contributed by atoms with Gasteiger partial charge in [-0.25, -0.2) is 4.79 Å². The molecule has 0 bridgehead atoms. The Hall–Kier alpha value is -1.63. The molecule has 4 amide bonds. The third-order valence-corrected chi connectivity index (χ3v) is 4.90. The predicted octanol–water partition coefficient (Wildman–Crippen LogP) is 0.0119. The monoisotopic (exact) mass is 308 g/mol. The van der Waals surface area contributed by atoms with E-state index in [1.165, 1.54) is 4.90 Å². The second-order valence-corrected chi connectivity index (χ2v) is 6.98. The molecule has 2 saturated heterocycles. The SMILES string of the molecule is CC(C)N1C(=O)NC2(CCN(CC(=O)N(C)C3CC3)C2)C1=O. The third kappa shape index (κ3) is 2.47. The molecule has 0 aromatic heterocycles. The number of urea groups is 1. The zero-order valence-electron chi connectivity index (χ0n) is 13.5. The number of carbonyl (C=O) groups excluding carboxylic acids is 3. The molecule has 3 fully saturated rings. The van der Waals surface area contributed by atoms with Crippen LogP contribution in [0.15, 0.2) is 0 Å². The van der Waals surface area contributed by atoms with Crippen LogP contribution in [0.3, 0.4) is 0 Å². The highest BCUT2D eigenvalue weighted by molar-refractivity contribution is 6.07. The van der Waals surface area contributed by atoms with Crippen molar-refractivity contribution in [3.8, 4) is 0 Å². The average molecular weight is 308 g/mol. The highest BCUT2D eigenvalue weighted by Gasteiger charge is 2.55. The summed E-state index contributed by atoms with van der Waals surface area (Å²) in [5.41, 5.74) is -0.834. The van der Waals surface area contributed by atoms with Crippen LogP contribution < -0.4 is 5.32 Å². The van der Waals surface area contributed by atoms with Crippen molar-refractivity contribution in [2.45, 2.75) is 50.7 Å². The third-order valence-electron chi connectivity index (χ3n) is 4.90. The van der Waals surface area contributed by atoms with Gasteiger partial charge in [0.05, 0.1) is 6.54 Å². The van der Waals surface area contributed by atoms with Crippen molar-refractivity contribution >= 4 is 17.8 Å². The molecule has 0 aromatic rings. The van der Waals surface area contributed by atoms with Gasteiger partial charge in [0.2, 0.25) is 5.91 Å². The van der Waals surface area contributed by atoms with Crippen molar-refractivity contribution in [3.63, 3.8) is 0 Å². The van der Waals surface area contributed by atoms with Gasteiger partial charge in [-0.15, -0.1) is 0 Å². The largest absolute Gasteiger partial charge is 0.342 e. The highest BCUT2D eigenvalue weighted by atomic mass is 16.2. The number of amides is 4. The fraction of sp³-hybridized carbons (Fsp3) is 0.800. The van der Waals surface area contributed by atoms with E-state index in [2.05, 4.69) is 5.32 Å². The van der Waals surface area contributed by atoms with Gasteiger partial charge in [0.15, 0.2) is 0 Å². The molecule has 3 rings (SSSR count). The molecule has 2 heterocycles. The van der Waals surface area contributed by atoms with Crippen LogP contribution in [0, 0.1) is 0 Å². The van der Waals surface area contributed by atoms with Gasteiger partial charge in [-0.1, -0.05) is 0 Å². The summed E-state index contributed by atoms with van der Waals surface area (Å²) in [6.07, 6.45) is 2.75. The van der Waals surface area contributed by atoms with E-state index in [1.807, 2.05) is 25.8 Å². The molecule has 1 unspecified atom stereocenters. The minimum absolute atomic E-state index is 0.0945. The van der Waals surface area contributed by atoms with Gasteiger partial charge in [-0.2, -0.15) is 0 Å². The van der Waals surface area contributed by atoms with Gasteiger partial charge in [-0.3, -0.25) is 19.4 Å². The van der Waals surface area contributed by atoms with Crippen molar-refractivity contribution in [2.24, 2.45) is 0 Å². The maximum atomic E-state index is 12.6. The highest BCUT2D eigenvalue weighted by Crippen LogP contribution is 2.30. The summed E-state index contributed by atoms with van der Waals surface area (Å²) >= 11 is 0. The number of rotatable bonds is 4. The minimum Gasteiger partial charge on any atom is -0.342 e. The second-order valence-electron chi connectivity index (χ2n) is 6.98. The molecule has 3 aliphatic rings. The van der Waals surface area contributed by atoms with Gasteiger partial charge in [-0.05, 0) is 33.1 Å². The topological polar surface area (TPSA) is 73.0 Å². The average Bonchev–Trinajstić information content (AvgIpc) is 3.16. The molecule has 1 N–H and O–H groups in total. The summed E-state index contributed by atoms with van der Waals surface area (Å²) in [4.78, 5) is 41.9. The first kappa shape index (κ1) is 15.3. The summed E-state index contributed by atoms with van der Waals surface area (Å²) in [6, 6.07) is -0.0693. The number of likely N-dealkylation sites (N-methyl/N-ethyl adjacent to an activating group) is 1. The van der Waals surface area contributed by atoms with E-state index < -0.39 is 5.54 Å². The number of imide groups is 1. The Kier molecular flexibility index (Phi) is 3.63. The van der Waals surface area contributed by atoms with E-state index in [-0.39, 0.29) is 23.9 Å². The molecule has 7 heteroatoms. The standard InChI is InChI=1S/C15H24N4O3/c1-10(2)19-13(21)15(16-14(19)22)6-7-18(9-15)8-12(20)17(3)11-4-5-11/h10-11H,4-9H2,1-3H3,(H,16,22). The molecule has 7 nitrogen and oxygen atoms in total. The smallest absolute Gasteiger partial charge is 0.325 e. The molecule has 22 heavy (non-hydrogen) atoms. The number of nitrogens with zero attached hydrogens (tertiary/aromatic N) is 3. The fourth-order valence-corrected chi connectivity index (χ4v) is 3.38. The Morgan fingerprint density at radius 3 is 2.64 bits per heavy atom. The van der Waals surface area contributed by atoms with E-state index in [4.69, 9.17) is 0 Å². The second kappa shape index (κ2) is 5.22. The summed E-state index contributed by atoms with van der Waals surface area (Å²) in [5, 5.41) is 2.85. The Labute approximate surface area is 130 Å². The summed E-state index contributed by atoms with van der Waals surface area (Å²) in [6.45, 7) is 5.06. The lowest BCUT2D eigenvalue weighted by atomic mass is 9.98. The predicted molar refractivity (Wildman–Crippen MR) is 80.1 cm³/mol. The van der Waals surface area contributed by atoms with Gasteiger partial charge in [0.1, 0.15) is 5.54 Å². The summed E-state index contributed by atoms with van der Waals surface area (Å²) < 4.78 is 0. The van der Waals surface area contributed by atoms with Crippen molar-refractivity contribution in [1.29, 1.82) is 0 Å². The molecule has 1 spiro atoms. The number of carbonyl (C=O) groups is 3. The van der Waals surface area contributed by atoms with Crippen LogP contribution in [0.25, 0.3) is 0 Å². The van der Waals surface area contributed by atoms with E-state index >= 15 is 0 Å². The molecule has 0 radical (unpaired) electrons. The van der Waals surface area contributed by atoms with Crippen molar-refractivity contribution in [1.82, 2.24) is 20.0 Å². The maximum Gasteiger partial charge on any atom is 0.325 e. The molecule has 1 saturated carbocycles. The molecule has 1 aliphatic carbocycles. The first-order valence-corrected chi connectivity index (χ1v) is 7.98. The Morgan fingerprint density at radius 2 is 2.09 bits per heavy atom. The van der Waals surface area contributed by atoms with Crippen LogP contribution in [0.2, 0.25) is 0 Å². The van der Waals surface area contributed by atoms with Crippen LogP contribution >= 0.6 is 0 Å². The van der Waals surface area contributed by atoms with Gasteiger partial charge >= 0.3 is 6.03 Å². The Morgan fingerprint density at radius 1 is 1.41 bits per heavy atom. The maximum absolute atomic E-state index is 12.6. The molecule has 1 atom stereocenters. The summed E-state index contributed by atoms with van der Waals surface area (Å²) in [7, 11) is 1.84. The lowest BCUT2D eigenvalue weighted by molar-refractivity contribution is -0.133. The quantitative estimate of drug-likeness (QED) is 0.743. The normalized spacial score (nSPS) is 28.8. The van der Waals surface area contributed by atoms with E-state index in [0.29, 0.717) is 32.1 Å². The van der Waals surface area contributed by atoms with E-state index in [9.17, 15) is 14.4 Å². The van der Waals surface area contributed by atoms with Crippen molar-refractivity contribution < 1.29 is 14.4 Å². The first-order chi connectivity index (χ1) is 10.3. The fourth-order valence-electron chi connectivity index (χ4n) is 3.38. The zero-order chi connectivity index (χ0) is 16.1. The molecule has 2 aliphatic heterocycles. The molecule has 122 valence electrons. The van der Waals surface area contributed by atoms with Crippen molar-refractivity contribution in [2.75, 3.05) is 26.7 Å². The van der Waals surface area contributed by atoms with Gasteiger partial charge in [0.25, 0.3) is 5.91 Å². The molecule has 0 aromatic carbocycles. The number of hydrogen-bond acceptors (Lipinski definition) is 4. The molecular weight excluding hydrogens is 284 g/mol. The Balaban J connectivity index is 1.63. The zero-order valence-corrected chi connectivity index (χ0v) is 13.5. The lowest BCUT2D eigenvalue weighted by Gasteiger charge is -2.24. The van der Waals surface area contributed by atoms with Crippen LogP contribution in [0.5, 0.6) is 0 Å². The lowest BCUT2D eigenvalue weighted by Crippen LogP contribution is -2.50. The van der Waals surface area contributed by atoms with Crippen LogP contribution in [-0.4, -0.2) is 76.8 Å². The van der Waals surface area contributed by atoms with Gasteiger partial charge in [0, 0.05) is 32.2 Å². The van der Waals surface area contributed by atoms with Gasteiger partial charge < -0.3 is 10.2 Å². The number of nitrogens with one attached hydrogen (secondary N) is 1. The Bertz CT molecular complexity index is 517. The minimum atomic E-state index is -0.834. The van der Waals surface area contributed by atoms with E-state index in [1.54, 1.807) is 4.90 Å². The van der Waals surface area contributed by atoms with Crippen LogP contribution in [-0.2, 0) is 9.59 Å². The summed E-state index contributed by atoms with van der Waals surface area (Å²) in [5.74, 6) is -0.0602. The molecular formula is C15H24N4O3.